The molecule has 4 aliphatic rings. The van der Waals surface area contributed by atoms with E-state index in [0.717, 1.165) is 36.4 Å². The molecule has 3 aromatic rings. The van der Waals surface area contributed by atoms with Crippen LogP contribution in [0.2, 0.25) is 0 Å². The Morgan fingerprint density at radius 3 is 2.55 bits per heavy atom. The molecule has 7 rings (SSSR count). The highest BCUT2D eigenvalue weighted by atomic mass is 19.1. The maximum atomic E-state index is 13.7. The maximum Gasteiger partial charge on any atom is 0.249 e. The smallest absolute Gasteiger partial charge is 0.249 e. The number of pyridine rings is 1. The van der Waals surface area contributed by atoms with Gasteiger partial charge in [-0.2, -0.15) is 5.10 Å². The molecule has 1 atom stereocenters. The van der Waals surface area contributed by atoms with E-state index in [-0.39, 0.29) is 17.1 Å². The molecule has 5 nitrogen and oxygen atoms in total. The van der Waals surface area contributed by atoms with Crippen LogP contribution in [0.25, 0.3) is 11.0 Å². The third-order valence-corrected chi connectivity index (χ3v) is 6.99. The molecule has 0 saturated heterocycles. The van der Waals surface area contributed by atoms with Crippen molar-refractivity contribution >= 4 is 23.2 Å². The minimum atomic E-state index is -0.663. The van der Waals surface area contributed by atoms with Crippen molar-refractivity contribution in [3.05, 3.63) is 65.7 Å². The van der Waals surface area contributed by atoms with Gasteiger partial charge in [0.05, 0.1) is 28.7 Å². The molecule has 158 valence electrons. The molecule has 1 aliphatic heterocycles. The second kappa shape index (κ2) is 6.18. The van der Waals surface area contributed by atoms with Crippen molar-refractivity contribution in [2.45, 2.75) is 38.3 Å². The highest BCUT2D eigenvalue weighted by Crippen LogP contribution is 2.74. The van der Waals surface area contributed by atoms with E-state index in [1.54, 1.807) is 6.21 Å². The van der Waals surface area contributed by atoms with Gasteiger partial charge in [0.1, 0.15) is 17.5 Å². The van der Waals surface area contributed by atoms with Gasteiger partial charge in [-0.3, -0.25) is 9.78 Å². The lowest BCUT2D eigenvalue weighted by molar-refractivity contribution is -0.222. The van der Waals surface area contributed by atoms with Crippen molar-refractivity contribution in [3.63, 3.8) is 0 Å². The molecular formula is C23H19F3N4O. The average molecular weight is 424 g/mol. The zero-order chi connectivity index (χ0) is 21.4. The zero-order valence-electron chi connectivity index (χ0n) is 16.6. The quantitative estimate of drug-likeness (QED) is 0.616. The summed E-state index contributed by atoms with van der Waals surface area (Å²) in [6.07, 6.45) is 7.38. The van der Waals surface area contributed by atoms with Gasteiger partial charge in [-0.25, -0.2) is 18.2 Å². The summed E-state index contributed by atoms with van der Waals surface area (Å²) < 4.78 is 43.0. The van der Waals surface area contributed by atoms with Crippen molar-refractivity contribution in [2.75, 3.05) is 0 Å². The molecule has 8 heteroatoms. The Hall–Kier alpha value is -3.16. The summed E-state index contributed by atoms with van der Waals surface area (Å²) in [6, 6.07) is 6.21. The number of rotatable bonds is 4. The minimum Gasteiger partial charge on any atom is -0.346 e. The van der Waals surface area contributed by atoms with Crippen LogP contribution in [0.5, 0.6) is 0 Å². The van der Waals surface area contributed by atoms with E-state index in [1.807, 2.05) is 16.8 Å². The van der Waals surface area contributed by atoms with Gasteiger partial charge >= 0.3 is 0 Å². The molecule has 3 saturated carbocycles. The van der Waals surface area contributed by atoms with E-state index in [0.29, 0.717) is 18.5 Å². The van der Waals surface area contributed by atoms with Gasteiger partial charge in [0.25, 0.3) is 0 Å². The lowest BCUT2D eigenvalue weighted by atomic mass is 9.34. The summed E-state index contributed by atoms with van der Waals surface area (Å²) in [6.45, 7) is 0.707. The van der Waals surface area contributed by atoms with Crippen LogP contribution in [0.15, 0.2) is 47.8 Å². The first-order valence-corrected chi connectivity index (χ1v) is 10.3. The topological polar surface area (TPSA) is 50.5 Å². The normalized spacial score (nSPS) is 28.6. The SMILES string of the molecule is O=C(N1N=CCC1c1cc(F)cc(F)c1)C12CC(Cn3ccc4ncc(F)cc43)(C1)C2. The number of hydrazone groups is 1. The number of fused-ring (bicyclic) bond motifs is 1. The molecule has 3 heterocycles. The fourth-order valence-electron chi connectivity index (χ4n) is 5.83. The zero-order valence-corrected chi connectivity index (χ0v) is 16.6. The van der Waals surface area contributed by atoms with Crippen molar-refractivity contribution in [1.29, 1.82) is 0 Å². The summed E-state index contributed by atoms with van der Waals surface area (Å²) in [5, 5.41) is 5.64. The number of nitrogens with zero attached hydrogens (tertiary/aromatic N) is 4. The predicted octanol–water partition coefficient (Wildman–Crippen LogP) is 4.58. The Balaban J connectivity index is 1.18. The first-order chi connectivity index (χ1) is 14.9. The summed E-state index contributed by atoms with van der Waals surface area (Å²) in [5.41, 5.74) is 1.46. The standard InChI is InChI=1S/C23H19F3N4O/c24-15-5-14(6-16(25)7-15)19-1-3-28-30(19)21(31)23-10-22(11-23,12-23)13-29-4-2-18-20(29)8-17(26)9-27-18/h2-9,19H,1,10-13H2. The van der Waals surface area contributed by atoms with E-state index < -0.39 is 23.1 Å². The Bertz CT molecular complexity index is 1230. The Labute approximate surface area is 176 Å². The molecule has 1 amide bonds. The summed E-state index contributed by atoms with van der Waals surface area (Å²) >= 11 is 0. The first kappa shape index (κ1) is 18.6. The van der Waals surface area contributed by atoms with Crippen molar-refractivity contribution in [2.24, 2.45) is 15.9 Å². The second-order valence-electron chi connectivity index (χ2n) is 9.21. The van der Waals surface area contributed by atoms with Gasteiger partial charge in [-0.1, -0.05) is 0 Å². The molecule has 0 radical (unpaired) electrons. The van der Waals surface area contributed by atoms with Gasteiger partial charge in [0.2, 0.25) is 5.91 Å². The van der Waals surface area contributed by atoms with Gasteiger partial charge < -0.3 is 4.57 Å². The first-order valence-electron chi connectivity index (χ1n) is 10.3. The lowest BCUT2D eigenvalue weighted by Crippen LogP contribution is -2.68. The number of halogens is 3. The van der Waals surface area contributed by atoms with E-state index in [4.69, 9.17) is 0 Å². The number of hydrogen-bond acceptors (Lipinski definition) is 3. The van der Waals surface area contributed by atoms with Crippen molar-refractivity contribution in [1.82, 2.24) is 14.6 Å². The summed E-state index contributed by atoms with van der Waals surface area (Å²) in [5.74, 6) is -1.78. The van der Waals surface area contributed by atoms with Gasteiger partial charge in [0, 0.05) is 37.5 Å². The fourth-order valence-corrected chi connectivity index (χ4v) is 5.83. The molecule has 3 aliphatic carbocycles. The Morgan fingerprint density at radius 2 is 1.81 bits per heavy atom. The van der Waals surface area contributed by atoms with E-state index in [9.17, 15) is 18.0 Å². The third-order valence-electron chi connectivity index (χ3n) is 6.99. The fraction of sp³-hybridized carbons (Fsp3) is 0.348. The minimum absolute atomic E-state index is 0.0117. The molecular weight excluding hydrogens is 405 g/mol. The number of aromatic nitrogens is 2. The molecule has 3 fully saturated rings. The Morgan fingerprint density at radius 1 is 1.06 bits per heavy atom. The molecule has 2 bridgehead atoms. The monoisotopic (exact) mass is 424 g/mol. The summed E-state index contributed by atoms with van der Waals surface area (Å²) in [7, 11) is 0. The van der Waals surface area contributed by atoms with Crippen LogP contribution < -0.4 is 0 Å². The van der Waals surface area contributed by atoms with Crippen LogP contribution >= 0.6 is 0 Å². The molecule has 0 spiro atoms. The Kier molecular flexibility index (Phi) is 3.71. The van der Waals surface area contributed by atoms with Crippen molar-refractivity contribution < 1.29 is 18.0 Å². The van der Waals surface area contributed by atoms with Crippen LogP contribution in [-0.2, 0) is 11.3 Å². The summed E-state index contributed by atoms with van der Waals surface area (Å²) in [4.78, 5) is 17.4. The van der Waals surface area contributed by atoms with Crippen LogP contribution in [-0.4, -0.2) is 26.7 Å². The average Bonchev–Trinajstić information content (AvgIpc) is 3.29. The van der Waals surface area contributed by atoms with E-state index >= 15 is 0 Å². The molecule has 2 aromatic heterocycles. The molecule has 0 N–H and O–H groups in total. The van der Waals surface area contributed by atoms with Crippen LogP contribution in [0, 0.1) is 28.3 Å². The van der Waals surface area contributed by atoms with Crippen molar-refractivity contribution in [3.8, 4) is 0 Å². The number of carbonyl (C=O) groups excluding carboxylic acids is 1. The number of carbonyl (C=O) groups is 1. The highest BCUT2D eigenvalue weighted by molar-refractivity contribution is 5.88. The highest BCUT2D eigenvalue weighted by Gasteiger charge is 2.72. The maximum absolute atomic E-state index is 13.7. The molecule has 1 unspecified atom stereocenters. The van der Waals surface area contributed by atoms with E-state index in [2.05, 4.69) is 10.1 Å². The molecule has 31 heavy (non-hydrogen) atoms. The number of benzene rings is 1. The van der Waals surface area contributed by atoms with Gasteiger partial charge in [0.15, 0.2) is 0 Å². The van der Waals surface area contributed by atoms with E-state index in [1.165, 1.54) is 29.4 Å². The molecule has 1 aromatic carbocycles. The van der Waals surface area contributed by atoms with Gasteiger partial charge in [-0.05, 0) is 48.4 Å². The third kappa shape index (κ3) is 2.73. The second-order valence-corrected chi connectivity index (χ2v) is 9.21. The van der Waals surface area contributed by atoms with Crippen LogP contribution in [0.1, 0.15) is 37.3 Å². The van der Waals surface area contributed by atoms with Crippen LogP contribution in [0.3, 0.4) is 0 Å². The van der Waals surface area contributed by atoms with Crippen LogP contribution in [0.4, 0.5) is 13.2 Å². The predicted molar refractivity (Wildman–Crippen MR) is 107 cm³/mol. The largest absolute Gasteiger partial charge is 0.346 e. The number of amides is 1. The number of hydrogen-bond donors (Lipinski definition) is 0. The lowest BCUT2D eigenvalue weighted by Gasteiger charge is -2.70. The van der Waals surface area contributed by atoms with Gasteiger partial charge in [-0.15, -0.1) is 0 Å².